The summed E-state index contributed by atoms with van der Waals surface area (Å²) in [7, 11) is -2.55. The summed E-state index contributed by atoms with van der Waals surface area (Å²) in [6.07, 6.45) is 0. The smallest absolute Gasteiger partial charge is 0.298 e. The predicted molar refractivity (Wildman–Crippen MR) is 82.7 cm³/mol. The minimum Gasteiger partial charge on any atom is -0.423 e. The van der Waals surface area contributed by atoms with Crippen LogP contribution in [0.5, 0.6) is 0 Å². The van der Waals surface area contributed by atoms with Gasteiger partial charge in [0.2, 0.25) is 0 Å². The fourth-order valence-corrected chi connectivity index (χ4v) is 3.31. The van der Waals surface area contributed by atoms with E-state index in [1.54, 1.807) is 12.1 Å². The third kappa shape index (κ3) is 3.00. The summed E-state index contributed by atoms with van der Waals surface area (Å²) in [6.45, 7) is 4.61. The van der Waals surface area contributed by atoms with Crippen molar-refractivity contribution in [2.75, 3.05) is 24.5 Å². The lowest BCUT2D eigenvalue weighted by atomic mass is 10.2. The van der Waals surface area contributed by atoms with Crippen LogP contribution in [-0.2, 0) is 16.5 Å². The average Bonchev–Trinajstić information content (AvgIpc) is 2.82. The first kappa shape index (κ1) is 14.6. The normalized spacial score (nSPS) is 19.6. The molecule has 1 aromatic heterocycles. The van der Waals surface area contributed by atoms with Gasteiger partial charge in [0.05, 0.1) is 5.75 Å². The Labute approximate surface area is 129 Å². The summed E-state index contributed by atoms with van der Waals surface area (Å²) in [6, 6.07) is 4.09. The van der Waals surface area contributed by atoms with Crippen LogP contribution >= 0.6 is 11.6 Å². The Balaban J connectivity index is 2.06. The number of thiol groups is 1. The van der Waals surface area contributed by atoms with Gasteiger partial charge in [-0.05, 0) is 19.1 Å². The molecule has 0 radical (unpaired) electrons. The van der Waals surface area contributed by atoms with Gasteiger partial charge in [0, 0.05) is 36.3 Å². The molecule has 21 heavy (non-hydrogen) atoms. The van der Waals surface area contributed by atoms with Crippen molar-refractivity contribution >= 4 is 39.4 Å². The van der Waals surface area contributed by atoms with E-state index in [0.29, 0.717) is 27.7 Å². The topological polar surface area (TPSA) is 75.4 Å². The Hall–Kier alpha value is -1.31. The molecule has 8 heteroatoms. The van der Waals surface area contributed by atoms with Gasteiger partial charge in [0.1, 0.15) is 16.2 Å². The van der Waals surface area contributed by atoms with E-state index in [1.807, 2.05) is 0 Å². The Morgan fingerprint density at radius 3 is 3.05 bits per heavy atom. The number of piperazine rings is 1. The van der Waals surface area contributed by atoms with Gasteiger partial charge < -0.3 is 14.6 Å². The van der Waals surface area contributed by atoms with Crippen molar-refractivity contribution in [1.29, 1.82) is 0 Å². The number of rotatable bonds is 3. The molecular weight excluding hydrogens is 314 g/mol. The van der Waals surface area contributed by atoms with Gasteiger partial charge in [0.25, 0.3) is 6.01 Å². The maximum absolute atomic E-state index is 11.0. The average molecular weight is 330 g/mol. The van der Waals surface area contributed by atoms with Gasteiger partial charge in [-0.3, -0.25) is 0 Å². The minimum atomic E-state index is -2.55. The van der Waals surface area contributed by atoms with E-state index in [4.69, 9.17) is 16.0 Å². The van der Waals surface area contributed by atoms with E-state index in [-0.39, 0.29) is 11.8 Å². The van der Waals surface area contributed by atoms with Gasteiger partial charge in [0.15, 0.2) is 5.58 Å². The highest BCUT2D eigenvalue weighted by atomic mass is 35.5. The van der Waals surface area contributed by atoms with Gasteiger partial charge in [-0.1, -0.05) is 11.6 Å². The lowest BCUT2D eigenvalue weighted by Gasteiger charge is -2.32. The van der Waals surface area contributed by atoms with Gasteiger partial charge in [-0.25, -0.2) is 8.42 Å². The second-order valence-corrected chi connectivity index (χ2v) is 6.57. The van der Waals surface area contributed by atoms with Crippen LogP contribution in [0.3, 0.4) is 0 Å². The SMILES string of the molecule is C[C@H]1CNCCN1c1nc2cc(Cl)cc(C[SH](=O)=O)c2o1. The molecule has 6 nitrogen and oxygen atoms in total. The molecule has 0 saturated carbocycles. The first-order valence-corrected chi connectivity index (χ1v) is 8.47. The largest absolute Gasteiger partial charge is 0.423 e. The molecule has 3 rings (SSSR count). The van der Waals surface area contributed by atoms with Crippen LogP contribution in [0.1, 0.15) is 12.5 Å². The van der Waals surface area contributed by atoms with Crippen molar-refractivity contribution in [3.8, 4) is 0 Å². The Kier molecular flexibility index (Phi) is 4.05. The zero-order valence-corrected chi connectivity index (χ0v) is 13.2. The third-order valence-corrected chi connectivity index (χ3v) is 4.38. The number of nitrogens with one attached hydrogen (secondary N) is 1. The van der Waals surface area contributed by atoms with E-state index in [2.05, 4.69) is 22.1 Å². The molecule has 1 atom stereocenters. The second kappa shape index (κ2) is 5.82. The molecule has 1 N–H and O–H groups in total. The van der Waals surface area contributed by atoms with Gasteiger partial charge >= 0.3 is 0 Å². The molecule has 114 valence electrons. The number of nitrogens with zero attached hydrogens (tertiary/aromatic N) is 2. The first-order chi connectivity index (χ1) is 10.0. The van der Waals surface area contributed by atoms with Crippen LogP contribution in [0.15, 0.2) is 16.5 Å². The quantitative estimate of drug-likeness (QED) is 0.829. The molecule has 2 aromatic rings. The number of aromatic nitrogens is 1. The van der Waals surface area contributed by atoms with Crippen molar-refractivity contribution in [1.82, 2.24) is 10.3 Å². The number of fused-ring (bicyclic) bond motifs is 1. The number of hydrogen-bond acceptors (Lipinski definition) is 6. The molecule has 1 aromatic carbocycles. The predicted octanol–water partition coefficient (Wildman–Crippen LogP) is 1.39. The Bertz CT molecular complexity index is 736. The van der Waals surface area contributed by atoms with Crippen molar-refractivity contribution in [2.24, 2.45) is 0 Å². The Morgan fingerprint density at radius 1 is 1.52 bits per heavy atom. The molecule has 0 bridgehead atoms. The highest BCUT2D eigenvalue weighted by Crippen LogP contribution is 2.29. The summed E-state index contributed by atoms with van der Waals surface area (Å²) < 4.78 is 27.8. The number of anilines is 1. The van der Waals surface area contributed by atoms with E-state index in [1.165, 1.54) is 0 Å². The molecule has 0 unspecified atom stereocenters. The molecule has 0 spiro atoms. The van der Waals surface area contributed by atoms with Crippen LogP contribution in [0, 0.1) is 0 Å². The number of hydrogen-bond donors (Lipinski definition) is 2. The number of benzene rings is 1. The first-order valence-electron chi connectivity index (χ1n) is 6.72. The molecular formula is C13H16ClN3O3S. The number of oxazole rings is 1. The summed E-state index contributed by atoms with van der Waals surface area (Å²) in [5, 5.41) is 3.76. The highest BCUT2D eigenvalue weighted by Gasteiger charge is 2.23. The highest BCUT2D eigenvalue weighted by molar-refractivity contribution is 7.71. The third-order valence-electron chi connectivity index (χ3n) is 3.57. The van der Waals surface area contributed by atoms with Crippen molar-refractivity contribution < 1.29 is 12.8 Å². The molecule has 1 fully saturated rings. The zero-order valence-electron chi connectivity index (χ0n) is 11.5. The van der Waals surface area contributed by atoms with E-state index in [0.717, 1.165) is 19.6 Å². The minimum absolute atomic E-state index is 0.0991. The van der Waals surface area contributed by atoms with Crippen LogP contribution in [0.25, 0.3) is 11.1 Å². The molecule has 0 amide bonds. The zero-order chi connectivity index (χ0) is 15.0. The lowest BCUT2D eigenvalue weighted by Crippen LogP contribution is -2.50. The number of halogens is 1. The molecule has 0 aliphatic carbocycles. The lowest BCUT2D eigenvalue weighted by molar-refractivity contribution is 0.455. The van der Waals surface area contributed by atoms with Crippen LogP contribution in [-0.4, -0.2) is 39.1 Å². The fraction of sp³-hybridized carbons (Fsp3) is 0.462. The van der Waals surface area contributed by atoms with E-state index in [9.17, 15) is 8.42 Å². The maximum Gasteiger partial charge on any atom is 0.298 e. The van der Waals surface area contributed by atoms with Crippen LogP contribution in [0.4, 0.5) is 6.01 Å². The van der Waals surface area contributed by atoms with Crippen LogP contribution in [0.2, 0.25) is 5.02 Å². The van der Waals surface area contributed by atoms with Gasteiger partial charge in [-0.15, -0.1) is 0 Å². The maximum atomic E-state index is 11.0. The van der Waals surface area contributed by atoms with Crippen LogP contribution < -0.4 is 10.2 Å². The monoisotopic (exact) mass is 329 g/mol. The van der Waals surface area contributed by atoms with Crippen molar-refractivity contribution in [3.63, 3.8) is 0 Å². The second-order valence-electron chi connectivity index (χ2n) is 5.15. The summed E-state index contributed by atoms with van der Waals surface area (Å²) in [5.74, 6) is -0.0991. The molecule has 1 saturated heterocycles. The standard InChI is InChI=1S/C13H16ClN3O3S/c1-8-6-15-2-3-17(8)13-16-11-5-10(14)4-9(7-21(18)19)12(11)20-13/h4-5,8,15,21H,2-3,6-7H2,1H3/t8-/m0/s1. The van der Waals surface area contributed by atoms with Crippen molar-refractivity contribution in [2.45, 2.75) is 18.7 Å². The van der Waals surface area contributed by atoms with Crippen molar-refractivity contribution in [3.05, 3.63) is 22.7 Å². The molecule has 2 heterocycles. The Morgan fingerprint density at radius 2 is 2.33 bits per heavy atom. The summed E-state index contributed by atoms with van der Waals surface area (Å²) in [5.41, 5.74) is 1.64. The summed E-state index contributed by atoms with van der Waals surface area (Å²) in [4.78, 5) is 6.54. The molecule has 1 aliphatic rings. The fourth-order valence-electron chi connectivity index (χ4n) is 2.56. The summed E-state index contributed by atoms with van der Waals surface area (Å²) >= 11 is 6.03. The van der Waals surface area contributed by atoms with E-state index < -0.39 is 10.7 Å². The van der Waals surface area contributed by atoms with E-state index >= 15 is 0 Å². The van der Waals surface area contributed by atoms with Gasteiger partial charge in [-0.2, -0.15) is 4.98 Å². The molecule has 1 aliphatic heterocycles.